The molecule has 500 valence electrons. The van der Waals surface area contributed by atoms with E-state index in [1.807, 2.05) is 36.5 Å². The van der Waals surface area contributed by atoms with Gasteiger partial charge in [-0.2, -0.15) is 38.2 Å². The number of fused-ring (bicyclic) bond motifs is 5. The summed E-state index contributed by atoms with van der Waals surface area (Å²) in [7, 11) is -19.9. The summed E-state index contributed by atoms with van der Waals surface area (Å²) < 4.78 is 140. The number of hydrogen-bond acceptors (Lipinski definition) is 16. The van der Waals surface area contributed by atoms with Crippen LogP contribution in [0.3, 0.4) is 0 Å². The van der Waals surface area contributed by atoms with Gasteiger partial charge in [-0.25, -0.2) is 0 Å². The molecule has 3 aliphatic heterocycles. The van der Waals surface area contributed by atoms with Crippen LogP contribution in [0.1, 0.15) is 147 Å². The van der Waals surface area contributed by atoms with Gasteiger partial charge in [0.25, 0.3) is 40.5 Å². The van der Waals surface area contributed by atoms with Crippen LogP contribution in [0, 0.1) is 12.8 Å². The summed E-state index contributed by atoms with van der Waals surface area (Å²) >= 11 is 0. The quantitative estimate of drug-likeness (QED) is 0.0679. The van der Waals surface area contributed by atoms with Gasteiger partial charge in [0.05, 0.1) is 22.0 Å². The minimum atomic E-state index is -5.17. The van der Waals surface area contributed by atoms with Crippen molar-refractivity contribution in [2.24, 2.45) is 11.7 Å². The number of hydrogen-bond donors (Lipinski definition) is 10. The monoisotopic (exact) mass is 1340 g/mol. The average molecular weight is 1340 g/mol. The van der Waals surface area contributed by atoms with Crippen LogP contribution >= 0.6 is 0 Å². The molecule has 2 aromatic carbocycles. The van der Waals surface area contributed by atoms with Gasteiger partial charge in [-0.3, -0.25) is 47.0 Å². The Labute approximate surface area is 528 Å². The number of nitrogens with two attached hydrogens (primary N) is 1. The van der Waals surface area contributed by atoms with Gasteiger partial charge in [-0.1, -0.05) is 49.1 Å². The number of Topliss-reactive ketones (excluding diaryl/α,β-unsaturated/α-hetero) is 1. The van der Waals surface area contributed by atoms with E-state index in [0.29, 0.717) is 108 Å². The molecule has 11 N–H and O–H groups in total. The van der Waals surface area contributed by atoms with Gasteiger partial charge in [0.2, 0.25) is 35.2 Å². The molecule has 0 saturated carbocycles. The van der Waals surface area contributed by atoms with Gasteiger partial charge in [0.15, 0.2) is 11.5 Å². The second-order valence-electron chi connectivity index (χ2n) is 23.9. The Morgan fingerprint density at radius 2 is 1.33 bits per heavy atom. The first-order chi connectivity index (χ1) is 42.1. The molecule has 26 nitrogen and oxygen atoms in total. The third-order valence-corrected chi connectivity index (χ3v) is 19.4. The molecule has 3 heterocycles. The number of benzene rings is 2. The van der Waals surface area contributed by atoms with E-state index in [1.165, 1.54) is 17.7 Å². The van der Waals surface area contributed by atoms with E-state index in [-0.39, 0.29) is 54.4 Å². The van der Waals surface area contributed by atoms with E-state index < -0.39 is 111 Å². The zero-order valence-electron chi connectivity index (χ0n) is 51.6. The lowest BCUT2D eigenvalue weighted by Gasteiger charge is -2.30. The zero-order chi connectivity index (χ0) is 66.7. The van der Waals surface area contributed by atoms with Crippen LogP contribution in [0.25, 0.3) is 0 Å². The zero-order valence-corrected chi connectivity index (χ0v) is 54.8. The second kappa shape index (κ2) is 33.4. The summed E-state index contributed by atoms with van der Waals surface area (Å²) in [4.78, 5) is 81.2. The molecule has 3 aliphatic rings. The Morgan fingerprint density at radius 3 is 2.00 bits per heavy atom. The van der Waals surface area contributed by atoms with Gasteiger partial charge in [-0.15, -0.1) is 0 Å². The lowest BCUT2D eigenvalue weighted by atomic mass is 9.77. The first-order valence-corrected chi connectivity index (χ1v) is 36.6. The number of nitrogens with one attached hydrogen (secondary N) is 5. The maximum Gasteiger partial charge on any atom is 0.294 e. The number of ketones is 1. The molecule has 2 aromatic rings. The molecule has 30 heteroatoms. The molecule has 0 aliphatic carbocycles. The summed E-state index contributed by atoms with van der Waals surface area (Å²) in [6.45, 7) is 10.4. The highest BCUT2D eigenvalue weighted by molar-refractivity contribution is 7.86. The number of aryl methyl sites for hydroxylation is 1. The van der Waals surface area contributed by atoms with Crippen molar-refractivity contribution in [1.82, 2.24) is 26.6 Å². The van der Waals surface area contributed by atoms with Crippen molar-refractivity contribution in [1.29, 1.82) is 0 Å². The van der Waals surface area contributed by atoms with Crippen LogP contribution in [-0.2, 0) is 80.1 Å². The molecule has 0 radical (unpaired) electrons. The van der Waals surface area contributed by atoms with E-state index >= 15 is 0 Å². The van der Waals surface area contributed by atoms with Crippen LogP contribution in [0.15, 0.2) is 77.4 Å². The average Bonchev–Trinajstić information content (AvgIpc) is 1.63. The van der Waals surface area contributed by atoms with E-state index in [9.17, 15) is 80.6 Å². The highest BCUT2D eigenvalue weighted by Gasteiger charge is 2.45. The Hall–Kier alpha value is -6.25. The number of unbranched alkanes of at least 4 members (excludes halogenated alkanes) is 2. The van der Waals surface area contributed by atoms with Crippen LogP contribution in [0.4, 0.5) is 11.4 Å². The standard InChI is InChI=1S/C60H88N8O18S4/c1-42-25-27-49-45(36-42)59(2,3)52-20-10-5-11-21-53-60(4,46-38-44(90(84,85)86)26-28-50(46)68(53)35-19-8-14-23-55(71)63-33-30-61)29-15-6-12-24-56(72)65-48(41-89(81,82)83)58(74)66-47(40-88(78,79)80)51(69)37-43(39-87(75,76)77)57(73)64-32-17-9-16-31-62-54(70)22-13-7-18-34-67(49)52/h5,10-11,20-21,25-28,36,38,43,47-48H,6-9,12-19,22-24,29-35,37,39-41,61H2,1-4H3,(H8-,62,63,64,65,66,70,71,72,73,74,75,76,77,78,79,80,81,82,83,84,85,86)/p+1. The molecule has 0 bridgehead atoms. The fourth-order valence-electron chi connectivity index (χ4n) is 11.6. The number of anilines is 1. The number of rotatable bonds is 15. The smallest absolute Gasteiger partial charge is 0.294 e. The molecule has 4 unspecified atom stereocenters. The SMILES string of the molecule is Cc1ccc2c(c1)C(C)(C)C1=[N+]2CCCCCC(=O)NCCCCCNC(=O)C(CS(=O)(=O)O)CC(=O)C(CS(=O)(=O)O)NC(=O)C(CS(=O)(=O)O)NC(=O)CCCCCC2(C)C(=CC=CC=C1)N(CCCCCC(=O)NCCN)c1ccc(S(=O)(=O)O)cc12. The van der Waals surface area contributed by atoms with Crippen molar-refractivity contribution in [3.8, 4) is 0 Å². The van der Waals surface area contributed by atoms with Gasteiger partial charge in [-0.05, 0) is 121 Å². The first kappa shape index (κ1) is 74.5. The molecule has 0 fully saturated rings. The van der Waals surface area contributed by atoms with Crippen molar-refractivity contribution in [3.05, 3.63) is 89.2 Å². The normalized spacial score (nSPS) is 22.4. The van der Waals surface area contributed by atoms with Crippen LogP contribution < -0.4 is 37.2 Å². The van der Waals surface area contributed by atoms with Crippen molar-refractivity contribution in [2.45, 2.75) is 165 Å². The predicted octanol–water partition coefficient (Wildman–Crippen LogP) is 4.16. The Morgan fingerprint density at radius 1 is 0.689 bits per heavy atom. The van der Waals surface area contributed by atoms with Gasteiger partial charge in [0, 0.05) is 99.3 Å². The van der Waals surface area contributed by atoms with Gasteiger partial charge >= 0.3 is 0 Å². The molecule has 5 amide bonds. The molecule has 90 heavy (non-hydrogen) atoms. The van der Waals surface area contributed by atoms with Crippen molar-refractivity contribution < 1.29 is 85.2 Å². The molecule has 0 aromatic heterocycles. The lowest BCUT2D eigenvalue weighted by molar-refractivity contribution is -0.438. The first-order valence-electron chi connectivity index (χ1n) is 30.3. The van der Waals surface area contributed by atoms with Crippen molar-refractivity contribution in [3.63, 3.8) is 0 Å². The number of carbonyl (C=O) groups excluding carboxylic acids is 6. The highest BCUT2D eigenvalue weighted by atomic mass is 32.2. The van der Waals surface area contributed by atoms with Gasteiger partial charge in [0.1, 0.15) is 30.1 Å². The predicted molar refractivity (Wildman–Crippen MR) is 339 cm³/mol. The molecular formula is C60H89N8O18S4+. The minimum absolute atomic E-state index is 0.0533. The molecule has 0 spiro atoms. The van der Waals surface area contributed by atoms with Crippen LogP contribution in [-0.4, -0.2) is 166 Å². The summed E-state index contributed by atoms with van der Waals surface area (Å²) in [5.41, 5.74) is 10.7. The largest absolute Gasteiger partial charge is 0.356 e. The molecule has 0 saturated heterocycles. The van der Waals surface area contributed by atoms with Crippen molar-refractivity contribution >= 4 is 92.9 Å². The third kappa shape index (κ3) is 23.1. The van der Waals surface area contributed by atoms with E-state index in [4.69, 9.17) is 5.73 Å². The van der Waals surface area contributed by atoms with Crippen molar-refractivity contribution in [2.75, 3.05) is 61.4 Å². The lowest BCUT2D eigenvalue weighted by Crippen LogP contribution is -2.56. The minimum Gasteiger partial charge on any atom is -0.356 e. The Kier molecular flexibility index (Phi) is 27.6. The Balaban J connectivity index is 1.50. The maximum absolute atomic E-state index is 13.7. The second-order valence-corrected chi connectivity index (χ2v) is 29.8. The number of nitrogens with zero attached hydrogens (tertiary/aromatic N) is 2. The van der Waals surface area contributed by atoms with Crippen LogP contribution in [0.5, 0.6) is 0 Å². The third-order valence-electron chi connectivity index (χ3n) is 16.2. The summed E-state index contributed by atoms with van der Waals surface area (Å²) in [6, 6.07) is 6.32. The molecule has 4 atom stereocenters. The van der Waals surface area contributed by atoms with E-state index in [0.717, 1.165) is 35.5 Å². The molecular weight excluding hydrogens is 1250 g/mol. The number of amides is 5. The fourth-order valence-corrected chi connectivity index (χ4v) is 14.2. The van der Waals surface area contributed by atoms with E-state index in [2.05, 4.69) is 75.8 Å². The summed E-state index contributed by atoms with van der Waals surface area (Å²) in [5.74, 6) is -11.4. The Bertz CT molecular complexity index is 3530. The molecule has 5 rings (SSSR count). The summed E-state index contributed by atoms with van der Waals surface area (Å²) in [6.07, 6.45) is 15.4. The highest BCUT2D eigenvalue weighted by Crippen LogP contribution is 2.51. The number of carbonyl (C=O) groups is 6. The fraction of sp³-hybridized carbons (Fsp3) is 0.583. The van der Waals surface area contributed by atoms with Crippen LogP contribution in [0.2, 0.25) is 0 Å². The topological polar surface area (TPSA) is 412 Å². The van der Waals surface area contributed by atoms with Gasteiger partial charge < -0.3 is 37.2 Å². The van der Waals surface area contributed by atoms with E-state index in [1.54, 1.807) is 6.07 Å². The number of allylic oxidation sites excluding steroid dienone is 6. The maximum atomic E-state index is 13.7. The summed E-state index contributed by atoms with van der Waals surface area (Å²) in [5, 5.41) is 12.2.